The van der Waals surface area contributed by atoms with Crippen LogP contribution in [0.15, 0.2) is 0 Å². The molecule has 1 fully saturated rings. The van der Waals surface area contributed by atoms with Crippen LogP contribution in [0.2, 0.25) is 0 Å². The van der Waals surface area contributed by atoms with E-state index in [-0.39, 0.29) is 0 Å². The smallest absolute Gasteiger partial charge is 0.00258 e. The maximum Gasteiger partial charge on any atom is -0.00258 e. The predicted molar refractivity (Wildman–Crippen MR) is 68.1 cm³/mol. The van der Waals surface area contributed by atoms with Gasteiger partial charge in [0, 0.05) is 0 Å². The highest BCUT2D eigenvalue weighted by molar-refractivity contribution is 4.82. The molecule has 0 aliphatic heterocycles. The van der Waals surface area contributed by atoms with E-state index >= 15 is 0 Å². The maximum absolute atomic E-state index is 3.56. The van der Waals surface area contributed by atoms with E-state index in [1.807, 2.05) is 0 Å². The van der Waals surface area contributed by atoms with Gasteiger partial charge in [-0.2, -0.15) is 0 Å². The molecule has 0 radical (unpaired) electrons. The Hall–Kier alpha value is -0.0400. The number of nitrogens with one attached hydrogen (secondary N) is 1. The van der Waals surface area contributed by atoms with E-state index < -0.39 is 0 Å². The Bertz CT molecular complexity index is 166. The van der Waals surface area contributed by atoms with Crippen LogP contribution in [0.4, 0.5) is 0 Å². The molecule has 1 saturated carbocycles. The van der Waals surface area contributed by atoms with Crippen LogP contribution in [0.25, 0.3) is 0 Å². The Kier molecular flexibility index (Phi) is 5.11. The standard InChI is InChI=1S/C14H29N/c1-12(2)11-15-10-9-14(3,4)13-7-5-6-8-13/h12-13,15H,5-11H2,1-4H3. The quantitative estimate of drug-likeness (QED) is 0.658. The highest BCUT2D eigenvalue weighted by Gasteiger charge is 2.30. The van der Waals surface area contributed by atoms with Gasteiger partial charge in [0.05, 0.1) is 0 Å². The topological polar surface area (TPSA) is 12.0 Å². The molecule has 15 heavy (non-hydrogen) atoms. The van der Waals surface area contributed by atoms with Crippen molar-refractivity contribution in [1.82, 2.24) is 5.32 Å². The third-order valence-electron chi connectivity index (χ3n) is 3.96. The summed E-state index contributed by atoms with van der Waals surface area (Å²) in [5.41, 5.74) is 0.556. The molecule has 0 aromatic heterocycles. The molecule has 1 heteroatoms. The summed E-state index contributed by atoms with van der Waals surface area (Å²) in [5, 5.41) is 3.56. The highest BCUT2D eigenvalue weighted by Crippen LogP contribution is 2.41. The van der Waals surface area contributed by atoms with Crippen molar-refractivity contribution in [3.05, 3.63) is 0 Å². The van der Waals surface area contributed by atoms with Crippen LogP contribution in [0.5, 0.6) is 0 Å². The van der Waals surface area contributed by atoms with Gasteiger partial charge in [-0.25, -0.2) is 0 Å². The van der Waals surface area contributed by atoms with Crippen LogP contribution in [0.3, 0.4) is 0 Å². The third kappa shape index (κ3) is 4.55. The normalized spacial score (nSPS) is 19.0. The second kappa shape index (κ2) is 5.89. The monoisotopic (exact) mass is 211 g/mol. The number of rotatable bonds is 6. The first kappa shape index (κ1) is 13.0. The Labute approximate surface area is 96.0 Å². The molecule has 90 valence electrons. The van der Waals surface area contributed by atoms with Crippen LogP contribution in [-0.2, 0) is 0 Å². The molecule has 0 heterocycles. The molecule has 0 spiro atoms. The summed E-state index contributed by atoms with van der Waals surface area (Å²) >= 11 is 0. The minimum atomic E-state index is 0.556. The molecule has 0 saturated heterocycles. The Morgan fingerprint density at radius 3 is 2.33 bits per heavy atom. The lowest BCUT2D eigenvalue weighted by molar-refractivity contribution is 0.197. The van der Waals surface area contributed by atoms with E-state index in [0.29, 0.717) is 5.41 Å². The van der Waals surface area contributed by atoms with Crippen molar-refractivity contribution in [2.75, 3.05) is 13.1 Å². The van der Waals surface area contributed by atoms with Crippen molar-refractivity contribution >= 4 is 0 Å². The van der Waals surface area contributed by atoms with Crippen molar-refractivity contribution in [2.45, 2.75) is 59.8 Å². The van der Waals surface area contributed by atoms with Crippen LogP contribution in [-0.4, -0.2) is 13.1 Å². The van der Waals surface area contributed by atoms with E-state index in [1.54, 1.807) is 0 Å². The Morgan fingerprint density at radius 1 is 1.20 bits per heavy atom. The molecule has 1 N–H and O–H groups in total. The van der Waals surface area contributed by atoms with Crippen molar-refractivity contribution in [2.24, 2.45) is 17.3 Å². The Balaban J connectivity index is 2.17. The van der Waals surface area contributed by atoms with Crippen molar-refractivity contribution in [3.8, 4) is 0 Å². The van der Waals surface area contributed by atoms with Gasteiger partial charge in [-0.05, 0) is 49.6 Å². The van der Waals surface area contributed by atoms with E-state index in [9.17, 15) is 0 Å². The molecule has 0 aromatic rings. The molecule has 1 aliphatic carbocycles. The first-order valence-electron chi connectivity index (χ1n) is 6.73. The molecule has 0 unspecified atom stereocenters. The number of hydrogen-bond donors (Lipinski definition) is 1. The van der Waals surface area contributed by atoms with Gasteiger partial charge >= 0.3 is 0 Å². The Morgan fingerprint density at radius 2 is 1.80 bits per heavy atom. The molecule has 0 bridgehead atoms. The van der Waals surface area contributed by atoms with Gasteiger partial charge in [0.25, 0.3) is 0 Å². The van der Waals surface area contributed by atoms with Gasteiger partial charge < -0.3 is 5.32 Å². The largest absolute Gasteiger partial charge is 0.316 e. The fourth-order valence-electron chi connectivity index (χ4n) is 2.71. The van der Waals surface area contributed by atoms with E-state index in [0.717, 1.165) is 11.8 Å². The highest BCUT2D eigenvalue weighted by atomic mass is 14.9. The second-order valence-corrected chi connectivity index (χ2v) is 6.32. The maximum atomic E-state index is 3.56. The molecule has 1 rings (SSSR count). The summed E-state index contributed by atoms with van der Waals surface area (Å²) in [4.78, 5) is 0. The molecule has 1 nitrogen and oxygen atoms in total. The van der Waals surface area contributed by atoms with E-state index in [1.165, 1.54) is 45.2 Å². The van der Waals surface area contributed by atoms with Gasteiger partial charge in [-0.15, -0.1) is 0 Å². The first-order valence-corrected chi connectivity index (χ1v) is 6.73. The summed E-state index contributed by atoms with van der Waals surface area (Å²) in [6.07, 6.45) is 7.21. The van der Waals surface area contributed by atoms with E-state index in [4.69, 9.17) is 0 Å². The van der Waals surface area contributed by atoms with Crippen LogP contribution < -0.4 is 5.32 Å². The minimum Gasteiger partial charge on any atom is -0.316 e. The first-order chi connectivity index (χ1) is 7.02. The van der Waals surface area contributed by atoms with Crippen LogP contribution in [0.1, 0.15) is 59.8 Å². The van der Waals surface area contributed by atoms with Gasteiger partial charge in [0.1, 0.15) is 0 Å². The van der Waals surface area contributed by atoms with Gasteiger partial charge in [0.2, 0.25) is 0 Å². The molecular weight excluding hydrogens is 182 g/mol. The molecule has 0 atom stereocenters. The summed E-state index contributed by atoms with van der Waals surface area (Å²) < 4.78 is 0. The third-order valence-corrected chi connectivity index (χ3v) is 3.96. The fourth-order valence-corrected chi connectivity index (χ4v) is 2.71. The van der Waals surface area contributed by atoms with Gasteiger partial charge in [0.15, 0.2) is 0 Å². The summed E-state index contributed by atoms with van der Waals surface area (Å²) in [5.74, 6) is 1.76. The average Bonchev–Trinajstić information content (AvgIpc) is 2.65. The average molecular weight is 211 g/mol. The zero-order valence-corrected chi connectivity index (χ0v) is 11.1. The molecule has 1 aliphatic rings. The number of hydrogen-bond acceptors (Lipinski definition) is 1. The zero-order chi connectivity index (χ0) is 11.3. The van der Waals surface area contributed by atoms with E-state index in [2.05, 4.69) is 33.0 Å². The summed E-state index contributed by atoms with van der Waals surface area (Å²) in [6, 6.07) is 0. The lowest BCUT2D eigenvalue weighted by Crippen LogP contribution is -2.29. The summed E-state index contributed by atoms with van der Waals surface area (Å²) in [6.45, 7) is 11.8. The zero-order valence-electron chi connectivity index (χ0n) is 11.1. The van der Waals surface area contributed by atoms with Crippen molar-refractivity contribution < 1.29 is 0 Å². The van der Waals surface area contributed by atoms with Crippen molar-refractivity contribution in [3.63, 3.8) is 0 Å². The summed E-state index contributed by atoms with van der Waals surface area (Å²) in [7, 11) is 0. The molecular formula is C14H29N. The predicted octanol–water partition coefficient (Wildman–Crippen LogP) is 3.84. The SMILES string of the molecule is CC(C)CNCCC(C)(C)C1CCCC1. The van der Waals surface area contributed by atoms with Crippen LogP contribution in [0, 0.1) is 17.3 Å². The minimum absolute atomic E-state index is 0.556. The molecule has 0 amide bonds. The fraction of sp³-hybridized carbons (Fsp3) is 1.00. The van der Waals surface area contributed by atoms with Crippen molar-refractivity contribution in [1.29, 1.82) is 0 Å². The lowest BCUT2D eigenvalue weighted by atomic mass is 9.75. The van der Waals surface area contributed by atoms with Gasteiger partial charge in [-0.3, -0.25) is 0 Å². The van der Waals surface area contributed by atoms with Crippen LogP contribution >= 0.6 is 0 Å². The second-order valence-electron chi connectivity index (χ2n) is 6.32. The van der Waals surface area contributed by atoms with Gasteiger partial charge in [-0.1, -0.05) is 40.5 Å². The molecule has 0 aromatic carbocycles. The lowest BCUT2D eigenvalue weighted by Gasteiger charge is -2.32.